The van der Waals surface area contributed by atoms with Crippen LogP contribution in [-0.4, -0.2) is 39.5 Å². The quantitative estimate of drug-likeness (QED) is 0.351. The minimum absolute atomic E-state index is 0.0634. The first kappa shape index (κ1) is 23.7. The molecule has 2 amide bonds. The van der Waals surface area contributed by atoms with Gasteiger partial charge in [0.1, 0.15) is 5.02 Å². The van der Waals surface area contributed by atoms with E-state index in [2.05, 4.69) is 5.32 Å². The second-order valence-corrected chi connectivity index (χ2v) is 7.57. The van der Waals surface area contributed by atoms with Gasteiger partial charge in [0, 0.05) is 11.8 Å². The molecular formula is C22H20ClN3O7. The number of nitrogens with zero attached hydrogens (tertiary/aromatic N) is 2. The Morgan fingerprint density at radius 3 is 2.48 bits per heavy atom. The number of allylic oxidation sites excluding steroid dienone is 1. The van der Waals surface area contributed by atoms with Crippen molar-refractivity contribution in [3.63, 3.8) is 0 Å². The third-order valence-corrected chi connectivity index (χ3v) is 5.45. The monoisotopic (exact) mass is 473 g/mol. The molecule has 3 rings (SSSR count). The van der Waals surface area contributed by atoms with Gasteiger partial charge in [-0.25, -0.2) is 14.4 Å². The molecule has 0 aliphatic carbocycles. The molecule has 1 atom stereocenters. The zero-order chi connectivity index (χ0) is 24.3. The molecule has 0 saturated heterocycles. The topological polar surface area (TPSA) is 139 Å². The third kappa shape index (κ3) is 4.96. The van der Waals surface area contributed by atoms with Gasteiger partial charge in [-0.1, -0.05) is 29.8 Å². The Hall–Kier alpha value is -3.92. The number of amides is 2. The SMILES string of the molecule is CCOC(=O)C1=C(C)N(Cc2ccc(C(=O)O)cc2)C(=O)NC1c1ccc(Cl)c([N+](=O)[O-])c1. The maximum atomic E-state index is 13.0. The fourth-order valence-electron chi connectivity index (χ4n) is 3.48. The highest BCUT2D eigenvalue weighted by atomic mass is 35.5. The van der Waals surface area contributed by atoms with Crippen molar-refractivity contribution < 1.29 is 29.2 Å². The molecule has 0 aromatic heterocycles. The number of benzene rings is 2. The maximum Gasteiger partial charge on any atom is 0.338 e. The minimum atomic E-state index is -1.07. The molecule has 0 radical (unpaired) electrons. The minimum Gasteiger partial charge on any atom is -0.478 e. The Balaban J connectivity index is 2.03. The number of carboxylic acid groups (broad SMARTS) is 1. The zero-order valence-corrected chi connectivity index (χ0v) is 18.5. The largest absolute Gasteiger partial charge is 0.478 e. The summed E-state index contributed by atoms with van der Waals surface area (Å²) in [5.74, 6) is -1.75. The van der Waals surface area contributed by atoms with E-state index < -0.39 is 28.9 Å². The number of carboxylic acids is 1. The fourth-order valence-corrected chi connectivity index (χ4v) is 3.67. The first-order valence-electron chi connectivity index (χ1n) is 9.86. The molecule has 0 saturated carbocycles. The van der Waals surface area contributed by atoms with E-state index in [0.717, 1.165) is 0 Å². The number of nitro benzene ring substituents is 1. The van der Waals surface area contributed by atoms with E-state index in [1.165, 1.54) is 35.2 Å². The highest BCUT2D eigenvalue weighted by Crippen LogP contribution is 2.35. The van der Waals surface area contributed by atoms with Crippen LogP contribution in [0.15, 0.2) is 53.7 Å². The lowest BCUT2D eigenvalue weighted by atomic mass is 9.94. The van der Waals surface area contributed by atoms with Crippen LogP contribution >= 0.6 is 11.6 Å². The van der Waals surface area contributed by atoms with Crippen molar-refractivity contribution in [3.8, 4) is 0 Å². The van der Waals surface area contributed by atoms with Gasteiger partial charge in [-0.15, -0.1) is 0 Å². The Morgan fingerprint density at radius 1 is 1.24 bits per heavy atom. The molecule has 2 N–H and O–H groups in total. The van der Waals surface area contributed by atoms with E-state index >= 15 is 0 Å². The van der Waals surface area contributed by atoms with Crippen molar-refractivity contribution in [1.82, 2.24) is 10.2 Å². The van der Waals surface area contributed by atoms with E-state index in [0.29, 0.717) is 16.8 Å². The van der Waals surface area contributed by atoms with Crippen LogP contribution in [0.2, 0.25) is 5.02 Å². The Labute approximate surface area is 193 Å². The maximum absolute atomic E-state index is 13.0. The van der Waals surface area contributed by atoms with Crippen LogP contribution in [0.5, 0.6) is 0 Å². The lowest BCUT2D eigenvalue weighted by Crippen LogP contribution is -2.47. The number of hydrogen-bond acceptors (Lipinski definition) is 6. The zero-order valence-electron chi connectivity index (χ0n) is 17.7. The van der Waals surface area contributed by atoms with Crippen molar-refractivity contribution in [2.45, 2.75) is 26.4 Å². The van der Waals surface area contributed by atoms with Crippen molar-refractivity contribution >= 4 is 35.3 Å². The lowest BCUT2D eigenvalue weighted by Gasteiger charge is -2.35. The number of hydrogen-bond donors (Lipinski definition) is 2. The highest BCUT2D eigenvalue weighted by molar-refractivity contribution is 6.32. The van der Waals surface area contributed by atoms with Gasteiger partial charge < -0.3 is 15.2 Å². The molecule has 1 heterocycles. The summed E-state index contributed by atoms with van der Waals surface area (Å²) < 4.78 is 5.18. The number of carbonyl (C=O) groups excluding carboxylic acids is 2. The number of rotatable bonds is 7. The average Bonchev–Trinajstić information content (AvgIpc) is 2.76. The Morgan fingerprint density at radius 2 is 1.91 bits per heavy atom. The third-order valence-electron chi connectivity index (χ3n) is 5.13. The van der Waals surface area contributed by atoms with Crippen molar-refractivity contribution in [2.24, 2.45) is 0 Å². The van der Waals surface area contributed by atoms with E-state index in [1.807, 2.05) is 0 Å². The summed E-state index contributed by atoms with van der Waals surface area (Å²) in [7, 11) is 0. The van der Waals surface area contributed by atoms with Crippen LogP contribution in [-0.2, 0) is 16.1 Å². The predicted molar refractivity (Wildman–Crippen MR) is 118 cm³/mol. The van der Waals surface area contributed by atoms with Crippen LogP contribution in [0.4, 0.5) is 10.5 Å². The van der Waals surface area contributed by atoms with E-state index in [-0.39, 0.29) is 35.0 Å². The molecule has 2 aromatic carbocycles. The smallest absolute Gasteiger partial charge is 0.338 e. The summed E-state index contributed by atoms with van der Waals surface area (Å²) in [5.41, 5.74) is 1.11. The molecule has 1 unspecified atom stereocenters. The molecule has 1 aliphatic rings. The van der Waals surface area contributed by atoms with E-state index in [9.17, 15) is 24.5 Å². The normalized spacial score (nSPS) is 15.8. The number of nitrogens with one attached hydrogen (secondary N) is 1. The van der Waals surface area contributed by atoms with Gasteiger partial charge in [-0.3, -0.25) is 15.0 Å². The van der Waals surface area contributed by atoms with Crippen molar-refractivity contribution in [3.05, 3.63) is 85.6 Å². The summed E-state index contributed by atoms with van der Waals surface area (Å²) in [6.45, 7) is 3.37. The summed E-state index contributed by atoms with van der Waals surface area (Å²) in [6.07, 6.45) is 0. The summed E-state index contributed by atoms with van der Waals surface area (Å²) >= 11 is 5.90. The average molecular weight is 474 g/mol. The molecule has 33 heavy (non-hydrogen) atoms. The number of carbonyl (C=O) groups is 3. The molecule has 0 bridgehead atoms. The predicted octanol–water partition coefficient (Wildman–Crippen LogP) is 4.05. The number of esters is 1. The van der Waals surface area contributed by atoms with Gasteiger partial charge in [0.15, 0.2) is 0 Å². The van der Waals surface area contributed by atoms with Crippen LogP contribution in [0.1, 0.15) is 41.4 Å². The van der Waals surface area contributed by atoms with Crippen LogP contribution in [0, 0.1) is 10.1 Å². The van der Waals surface area contributed by atoms with Gasteiger partial charge in [-0.05, 0) is 43.2 Å². The molecule has 1 aliphatic heterocycles. The summed E-state index contributed by atoms with van der Waals surface area (Å²) in [5, 5.41) is 23.0. The number of nitro groups is 1. The molecule has 0 spiro atoms. The van der Waals surface area contributed by atoms with Gasteiger partial charge in [-0.2, -0.15) is 0 Å². The fraction of sp³-hybridized carbons (Fsp3) is 0.227. The number of ether oxygens (including phenoxy) is 1. The van der Waals surface area contributed by atoms with Crippen LogP contribution in [0.3, 0.4) is 0 Å². The Bertz CT molecular complexity index is 1160. The number of aromatic carboxylic acids is 1. The number of urea groups is 1. The standard InChI is InChI=1S/C22H20ClN3O7/c1-3-33-21(29)18-12(2)25(11-13-4-6-14(7-5-13)20(27)28)22(30)24-19(18)15-8-9-16(23)17(10-15)26(31)32/h4-10,19H,3,11H2,1-2H3,(H,24,30)(H,27,28). The molecule has 11 heteroatoms. The molecule has 10 nitrogen and oxygen atoms in total. The summed E-state index contributed by atoms with van der Waals surface area (Å²) in [4.78, 5) is 48.8. The van der Waals surface area contributed by atoms with Gasteiger partial charge in [0.25, 0.3) is 5.69 Å². The molecule has 0 fully saturated rings. The Kier molecular flexibility index (Phi) is 6.98. The second-order valence-electron chi connectivity index (χ2n) is 7.16. The molecule has 172 valence electrons. The number of halogens is 1. The molecular weight excluding hydrogens is 454 g/mol. The highest BCUT2D eigenvalue weighted by Gasteiger charge is 2.37. The van der Waals surface area contributed by atoms with Crippen molar-refractivity contribution in [1.29, 1.82) is 0 Å². The first-order valence-corrected chi connectivity index (χ1v) is 10.2. The van der Waals surface area contributed by atoms with Gasteiger partial charge in [0.2, 0.25) is 0 Å². The van der Waals surface area contributed by atoms with Crippen molar-refractivity contribution in [2.75, 3.05) is 6.61 Å². The van der Waals surface area contributed by atoms with Crippen LogP contribution in [0.25, 0.3) is 0 Å². The second kappa shape index (κ2) is 9.70. The van der Waals surface area contributed by atoms with Gasteiger partial charge >= 0.3 is 18.0 Å². The lowest BCUT2D eigenvalue weighted by molar-refractivity contribution is -0.384. The molecule has 2 aromatic rings. The van der Waals surface area contributed by atoms with Gasteiger partial charge in [0.05, 0.1) is 35.3 Å². The van der Waals surface area contributed by atoms with Crippen LogP contribution < -0.4 is 5.32 Å². The summed E-state index contributed by atoms with van der Waals surface area (Å²) in [6, 6.07) is 8.48. The van der Waals surface area contributed by atoms with E-state index in [1.54, 1.807) is 26.0 Å². The first-order chi connectivity index (χ1) is 15.6. The van der Waals surface area contributed by atoms with E-state index in [4.69, 9.17) is 21.4 Å².